The van der Waals surface area contributed by atoms with Gasteiger partial charge < -0.3 is 20.5 Å². The highest BCUT2D eigenvalue weighted by molar-refractivity contribution is 7.10. The van der Waals surface area contributed by atoms with Crippen molar-refractivity contribution in [3.05, 3.63) is 50.3 Å². The summed E-state index contributed by atoms with van der Waals surface area (Å²) in [7, 11) is 1.37. The van der Waals surface area contributed by atoms with E-state index in [1.165, 1.54) is 30.5 Å². The van der Waals surface area contributed by atoms with E-state index in [0.29, 0.717) is 4.88 Å². The minimum atomic E-state index is -1.20. The summed E-state index contributed by atoms with van der Waals surface area (Å²) < 4.78 is 1.10. The van der Waals surface area contributed by atoms with Crippen LogP contribution in [0.4, 0.5) is 5.82 Å². The summed E-state index contributed by atoms with van der Waals surface area (Å²) >= 11 is 1.20. The molecule has 0 aliphatic heterocycles. The van der Waals surface area contributed by atoms with Crippen molar-refractivity contribution in [1.82, 2.24) is 9.88 Å². The summed E-state index contributed by atoms with van der Waals surface area (Å²) in [5, 5.41) is 24.0. The number of carbonyl (C=O) groups excluding carboxylic acids is 1. The third kappa shape index (κ3) is 2.92. The van der Waals surface area contributed by atoms with Crippen LogP contribution in [0.25, 0.3) is 0 Å². The fourth-order valence-electron chi connectivity index (χ4n) is 1.83. The number of carbonyl (C=O) groups is 2. The molecule has 0 bridgehead atoms. The van der Waals surface area contributed by atoms with Gasteiger partial charge in [0.15, 0.2) is 11.7 Å². The van der Waals surface area contributed by atoms with Crippen molar-refractivity contribution in [3.63, 3.8) is 0 Å². The molecule has 2 heterocycles. The van der Waals surface area contributed by atoms with Crippen molar-refractivity contribution in [2.75, 3.05) is 0 Å². The Labute approximate surface area is 122 Å². The number of amides is 1. The third-order valence-corrected chi connectivity index (χ3v) is 3.80. The number of hydrogen-bond donors (Lipinski definition) is 2. The monoisotopic (exact) mass is 309 g/mol. The van der Waals surface area contributed by atoms with E-state index >= 15 is 0 Å². The minimum Gasteiger partial charge on any atom is -0.479 e. The van der Waals surface area contributed by atoms with Gasteiger partial charge in [-0.25, -0.2) is 9.36 Å². The summed E-state index contributed by atoms with van der Waals surface area (Å²) in [5.74, 6) is -2.14. The highest BCUT2D eigenvalue weighted by Crippen LogP contribution is 2.21. The Bertz CT molecular complexity index is 692. The van der Waals surface area contributed by atoms with Crippen LogP contribution in [0.1, 0.15) is 21.4 Å². The highest BCUT2D eigenvalue weighted by Gasteiger charge is 2.27. The maximum atomic E-state index is 12.1. The van der Waals surface area contributed by atoms with Crippen molar-refractivity contribution >= 4 is 29.0 Å². The first-order valence-electron chi connectivity index (χ1n) is 5.79. The second-order valence-electron chi connectivity index (χ2n) is 4.15. The maximum Gasteiger partial charge on any atom is 0.331 e. The number of nitrogens with one attached hydrogen (secondary N) is 1. The van der Waals surface area contributed by atoms with E-state index in [-0.39, 0.29) is 11.5 Å². The fraction of sp³-hybridized carbons (Fsp3) is 0.167. The molecule has 0 aliphatic carbocycles. The molecule has 1 unspecified atom stereocenters. The number of thiophene rings is 1. The normalized spacial score (nSPS) is 11.9. The van der Waals surface area contributed by atoms with E-state index in [9.17, 15) is 24.8 Å². The summed E-state index contributed by atoms with van der Waals surface area (Å²) in [6.45, 7) is 0. The Balaban J connectivity index is 2.24. The van der Waals surface area contributed by atoms with Crippen LogP contribution < -0.4 is 5.32 Å². The topological polar surface area (TPSA) is 114 Å². The van der Waals surface area contributed by atoms with E-state index in [4.69, 9.17) is 0 Å². The van der Waals surface area contributed by atoms with Gasteiger partial charge in [-0.3, -0.25) is 4.79 Å². The summed E-state index contributed by atoms with van der Waals surface area (Å²) in [5.41, 5.74) is 0.0181. The van der Waals surface area contributed by atoms with Gasteiger partial charge in [-0.2, -0.15) is 0 Å². The quantitative estimate of drug-likeness (QED) is 0.642. The van der Waals surface area contributed by atoms with Gasteiger partial charge in [-0.05, 0) is 22.4 Å². The number of nitrogens with zero attached hydrogens (tertiary/aromatic N) is 2. The van der Waals surface area contributed by atoms with Crippen molar-refractivity contribution in [2.24, 2.45) is 7.05 Å². The number of nitro groups is 1. The Hall–Kier alpha value is -2.68. The lowest BCUT2D eigenvalue weighted by Gasteiger charge is -2.12. The molecule has 0 aromatic carbocycles. The predicted molar refractivity (Wildman–Crippen MR) is 74.2 cm³/mol. The Kier molecular flexibility index (Phi) is 4.03. The number of aromatic nitrogens is 1. The first-order valence-corrected chi connectivity index (χ1v) is 6.67. The Morgan fingerprint density at radius 3 is 2.62 bits per heavy atom. The Morgan fingerprint density at radius 1 is 1.43 bits per heavy atom. The molecular formula is C12H11N3O5S. The van der Waals surface area contributed by atoms with E-state index in [1.54, 1.807) is 17.5 Å². The molecule has 0 fully saturated rings. The van der Waals surface area contributed by atoms with Gasteiger partial charge in [0, 0.05) is 10.9 Å². The molecule has 8 nitrogen and oxygen atoms in total. The third-order valence-electron chi connectivity index (χ3n) is 2.87. The molecule has 9 heteroatoms. The summed E-state index contributed by atoms with van der Waals surface area (Å²) in [4.78, 5) is 33.9. The van der Waals surface area contributed by atoms with Crippen molar-refractivity contribution in [3.8, 4) is 0 Å². The molecule has 2 N–H and O–H groups in total. The van der Waals surface area contributed by atoms with Crippen LogP contribution in [0.5, 0.6) is 0 Å². The molecule has 2 aromatic heterocycles. The molecule has 1 atom stereocenters. The van der Waals surface area contributed by atoms with Crippen molar-refractivity contribution in [2.45, 2.75) is 6.04 Å². The molecule has 0 aliphatic rings. The van der Waals surface area contributed by atoms with Gasteiger partial charge in [0.1, 0.15) is 0 Å². The second kappa shape index (κ2) is 5.75. The first-order chi connectivity index (χ1) is 9.91. The highest BCUT2D eigenvalue weighted by atomic mass is 32.1. The van der Waals surface area contributed by atoms with Gasteiger partial charge in [-0.1, -0.05) is 6.07 Å². The van der Waals surface area contributed by atoms with Crippen LogP contribution in [0.2, 0.25) is 0 Å². The minimum absolute atomic E-state index is 0.0181. The van der Waals surface area contributed by atoms with E-state index in [0.717, 1.165) is 4.57 Å². The van der Waals surface area contributed by atoms with Gasteiger partial charge >= 0.3 is 11.8 Å². The average Bonchev–Trinajstić information content (AvgIpc) is 3.04. The first kappa shape index (κ1) is 14.7. The second-order valence-corrected chi connectivity index (χ2v) is 5.13. The summed E-state index contributed by atoms with van der Waals surface area (Å²) in [6, 6.07) is 4.55. The smallest absolute Gasteiger partial charge is 0.331 e. The number of aliphatic carboxylic acids is 1. The molecule has 1 amide bonds. The number of rotatable bonds is 5. The van der Waals surface area contributed by atoms with E-state index < -0.39 is 22.8 Å². The zero-order valence-electron chi connectivity index (χ0n) is 10.8. The van der Waals surface area contributed by atoms with Crippen LogP contribution >= 0.6 is 11.3 Å². The fourth-order valence-corrected chi connectivity index (χ4v) is 2.59. The number of carboxylic acid groups (broad SMARTS) is 1. The maximum absolute atomic E-state index is 12.1. The molecule has 110 valence electrons. The van der Waals surface area contributed by atoms with Gasteiger partial charge in [-0.15, -0.1) is 11.3 Å². The van der Waals surface area contributed by atoms with Gasteiger partial charge in [0.05, 0.1) is 7.05 Å². The number of hydrogen-bond acceptors (Lipinski definition) is 5. The lowest BCUT2D eigenvalue weighted by molar-refractivity contribution is -0.391. The SMILES string of the molecule is Cn1c(C(=O)NC(C(=O)O)c2cccs2)ccc1[N+](=O)[O-]. The largest absolute Gasteiger partial charge is 0.479 e. The molecule has 0 saturated heterocycles. The average molecular weight is 309 g/mol. The zero-order chi connectivity index (χ0) is 15.6. The standard InChI is InChI=1S/C12H11N3O5S/c1-14-7(4-5-9(14)15(19)20)11(16)13-10(12(17)18)8-3-2-6-21-8/h2-6,10H,1H3,(H,13,16)(H,17,18). The molecule has 0 radical (unpaired) electrons. The van der Waals surface area contributed by atoms with Crippen molar-refractivity contribution in [1.29, 1.82) is 0 Å². The van der Waals surface area contributed by atoms with E-state index in [1.807, 2.05) is 0 Å². The van der Waals surface area contributed by atoms with E-state index in [2.05, 4.69) is 5.32 Å². The molecular weight excluding hydrogens is 298 g/mol. The van der Waals surface area contributed by atoms with Crippen LogP contribution in [-0.2, 0) is 11.8 Å². The van der Waals surface area contributed by atoms with Gasteiger partial charge in [0.2, 0.25) is 0 Å². The zero-order valence-corrected chi connectivity index (χ0v) is 11.7. The van der Waals surface area contributed by atoms with Crippen LogP contribution in [0.15, 0.2) is 29.6 Å². The Morgan fingerprint density at radius 2 is 2.14 bits per heavy atom. The van der Waals surface area contributed by atoms with Crippen molar-refractivity contribution < 1.29 is 19.6 Å². The molecule has 2 rings (SSSR count). The lowest BCUT2D eigenvalue weighted by Crippen LogP contribution is -2.34. The van der Waals surface area contributed by atoms with Crippen LogP contribution in [0, 0.1) is 10.1 Å². The molecule has 0 spiro atoms. The van der Waals surface area contributed by atoms with Crippen LogP contribution in [0.3, 0.4) is 0 Å². The van der Waals surface area contributed by atoms with Crippen LogP contribution in [-0.4, -0.2) is 26.5 Å². The molecule has 2 aromatic rings. The lowest BCUT2D eigenvalue weighted by atomic mass is 10.2. The predicted octanol–water partition coefficient (Wildman–Crippen LogP) is 1.55. The van der Waals surface area contributed by atoms with Gasteiger partial charge in [0.25, 0.3) is 5.91 Å². The molecule has 21 heavy (non-hydrogen) atoms. The summed E-state index contributed by atoms with van der Waals surface area (Å²) in [6.07, 6.45) is 0. The molecule has 0 saturated carbocycles. The number of carboxylic acids is 1.